The van der Waals surface area contributed by atoms with Crippen LogP contribution in [0.5, 0.6) is 0 Å². The summed E-state index contributed by atoms with van der Waals surface area (Å²) >= 11 is 11.5. The normalized spacial score (nSPS) is 12.3. The van der Waals surface area contributed by atoms with E-state index in [9.17, 15) is 22.0 Å². The molecule has 0 radical (unpaired) electrons. The van der Waals surface area contributed by atoms with Crippen LogP contribution in [-0.4, -0.2) is 24.9 Å². The Hall–Kier alpha value is -2.34. The summed E-state index contributed by atoms with van der Waals surface area (Å²) in [5.41, 5.74) is -1.02. The molecule has 0 amide bonds. The Labute approximate surface area is 164 Å². The summed E-state index contributed by atoms with van der Waals surface area (Å²) in [5, 5.41) is 7.57. The number of aliphatic carboxylic acids is 1. The topological polar surface area (TPSA) is 83.5 Å². The second kappa shape index (κ2) is 8.13. The zero-order valence-electron chi connectivity index (χ0n) is 13.3. The minimum Gasteiger partial charge on any atom is -0.480 e. The second-order valence-corrected chi connectivity index (χ2v) is 7.98. The number of carbonyl (C=O) groups is 1. The largest absolute Gasteiger partial charge is 0.480 e. The maximum Gasteiger partial charge on any atom is 0.321 e. The van der Waals surface area contributed by atoms with Gasteiger partial charge in [0.05, 0.1) is 16.1 Å². The number of carboxylic acids is 1. The van der Waals surface area contributed by atoms with Crippen molar-refractivity contribution < 1.29 is 27.1 Å². The average molecular weight is 434 g/mol. The number of benzene rings is 2. The summed E-state index contributed by atoms with van der Waals surface area (Å²) in [4.78, 5) is 10.5. The molecule has 2 aromatic carbocycles. The monoisotopic (exact) mass is 433 g/mol. The highest BCUT2D eigenvalue weighted by atomic mass is 35.5. The van der Waals surface area contributed by atoms with E-state index in [1.54, 1.807) is 5.92 Å². The molecular weight excluding hydrogens is 423 g/mol. The molecule has 5 nitrogen and oxygen atoms in total. The number of terminal acetylenes is 1. The highest BCUT2D eigenvalue weighted by Gasteiger charge is 2.22. The molecule has 0 aliphatic carbocycles. The molecule has 2 N–H and O–H groups in total. The van der Waals surface area contributed by atoms with Gasteiger partial charge in [-0.05, 0) is 42.3 Å². The van der Waals surface area contributed by atoms with Crippen LogP contribution in [-0.2, 0) is 21.2 Å². The minimum absolute atomic E-state index is 0.00558. The third-order valence-corrected chi connectivity index (χ3v) is 5.31. The van der Waals surface area contributed by atoms with Crippen molar-refractivity contribution in [1.29, 1.82) is 0 Å². The molecule has 0 saturated carbocycles. The van der Waals surface area contributed by atoms with Crippen LogP contribution < -0.4 is 4.72 Å². The van der Waals surface area contributed by atoms with Crippen molar-refractivity contribution in [3.8, 4) is 12.3 Å². The molecule has 0 saturated heterocycles. The number of nitrogens with one attached hydrogen (secondary N) is 1. The van der Waals surface area contributed by atoms with Crippen molar-refractivity contribution in [2.75, 3.05) is 4.72 Å². The number of hydrogen-bond donors (Lipinski definition) is 2. The maximum atomic E-state index is 14.2. The zero-order chi connectivity index (χ0) is 20.4. The third-order valence-electron chi connectivity index (χ3n) is 3.40. The van der Waals surface area contributed by atoms with Gasteiger partial charge in [0, 0.05) is 5.02 Å². The Morgan fingerprint density at radius 3 is 2.56 bits per heavy atom. The zero-order valence-corrected chi connectivity index (χ0v) is 15.7. The van der Waals surface area contributed by atoms with Gasteiger partial charge in [0.2, 0.25) is 0 Å². The fourth-order valence-corrected chi connectivity index (χ4v) is 3.81. The lowest BCUT2D eigenvalue weighted by molar-refractivity contribution is -0.136. The predicted octanol–water partition coefficient (Wildman–Crippen LogP) is 3.63. The van der Waals surface area contributed by atoms with Gasteiger partial charge >= 0.3 is 5.97 Å². The van der Waals surface area contributed by atoms with Crippen LogP contribution in [0.25, 0.3) is 0 Å². The number of rotatable bonds is 6. The molecule has 0 heterocycles. The third kappa shape index (κ3) is 4.89. The van der Waals surface area contributed by atoms with Gasteiger partial charge in [0.25, 0.3) is 10.0 Å². The minimum atomic E-state index is -4.33. The van der Waals surface area contributed by atoms with Gasteiger partial charge < -0.3 is 5.11 Å². The summed E-state index contributed by atoms with van der Waals surface area (Å²) in [6.45, 7) is 0. The Morgan fingerprint density at radius 1 is 1.30 bits per heavy atom. The summed E-state index contributed by atoms with van der Waals surface area (Å²) in [5.74, 6) is -1.73. The molecular formula is C17H11Cl2F2NO4S. The van der Waals surface area contributed by atoms with E-state index in [1.807, 2.05) is 4.72 Å². The highest BCUT2D eigenvalue weighted by molar-refractivity contribution is 7.92. The molecule has 0 aliphatic rings. The quantitative estimate of drug-likeness (QED) is 0.538. The molecule has 10 heteroatoms. The first-order valence-corrected chi connectivity index (χ1v) is 9.48. The van der Waals surface area contributed by atoms with Crippen LogP contribution in [0.4, 0.5) is 14.5 Å². The SMILES string of the molecule is C#Cc1c(F)ccc(NS(=O)(=O)c2cc(Cl)cc(CC(Cl)C(=O)O)c2)c1F. The number of carboxylic acid groups (broad SMARTS) is 1. The fraction of sp³-hybridized carbons (Fsp3) is 0.118. The van der Waals surface area contributed by atoms with E-state index in [1.165, 1.54) is 6.07 Å². The molecule has 1 atom stereocenters. The first kappa shape index (κ1) is 21.0. The number of hydrogen-bond acceptors (Lipinski definition) is 3. The van der Waals surface area contributed by atoms with Crippen LogP contribution in [0.2, 0.25) is 5.02 Å². The lowest BCUT2D eigenvalue weighted by Crippen LogP contribution is -2.17. The van der Waals surface area contributed by atoms with Crippen molar-refractivity contribution in [2.45, 2.75) is 16.7 Å². The molecule has 0 aliphatic heterocycles. The number of alkyl halides is 1. The summed E-state index contributed by atoms with van der Waals surface area (Å²) < 4.78 is 54.6. The smallest absolute Gasteiger partial charge is 0.321 e. The lowest BCUT2D eigenvalue weighted by atomic mass is 10.1. The van der Waals surface area contributed by atoms with E-state index in [2.05, 4.69) is 0 Å². The van der Waals surface area contributed by atoms with E-state index < -0.39 is 44.3 Å². The van der Waals surface area contributed by atoms with Crippen molar-refractivity contribution in [1.82, 2.24) is 0 Å². The van der Waals surface area contributed by atoms with Crippen LogP contribution in [0, 0.1) is 24.0 Å². The molecule has 0 fully saturated rings. The van der Waals surface area contributed by atoms with Gasteiger partial charge in [-0.2, -0.15) is 0 Å². The van der Waals surface area contributed by atoms with Crippen molar-refractivity contribution in [3.63, 3.8) is 0 Å². The Morgan fingerprint density at radius 2 is 1.96 bits per heavy atom. The number of anilines is 1. The van der Waals surface area contributed by atoms with Crippen molar-refractivity contribution in [2.24, 2.45) is 0 Å². The molecule has 0 bridgehead atoms. The van der Waals surface area contributed by atoms with E-state index in [0.717, 1.165) is 24.3 Å². The van der Waals surface area contributed by atoms with E-state index in [0.29, 0.717) is 0 Å². The fourth-order valence-electron chi connectivity index (χ4n) is 2.16. The second-order valence-electron chi connectivity index (χ2n) is 5.34. The molecule has 2 rings (SSSR count). The predicted molar refractivity (Wildman–Crippen MR) is 97.5 cm³/mol. The van der Waals surface area contributed by atoms with E-state index in [4.69, 9.17) is 34.7 Å². The molecule has 1 unspecified atom stereocenters. The molecule has 0 spiro atoms. The molecule has 2 aromatic rings. The first-order chi connectivity index (χ1) is 12.5. The summed E-state index contributed by atoms with van der Waals surface area (Å²) in [6.07, 6.45) is 4.83. The van der Waals surface area contributed by atoms with Crippen LogP contribution >= 0.6 is 23.2 Å². The van der Waals surface area contributed by atoms with Gasteiger partial charge in [-0.3, -0.25) is 9.52 Å². The highest BCUT2D eigenvalue weighted by Crippen LogP contribution is 2.26. The first-order valence-electron chi connectivity index (χ1n) is 7.19. The summed E-state index contributed by atoms with van der Waals surface area (Å²) in [6, 6.07) is 5.29. The van der Waals surface area contributed by atoms with Gasteiger partial charge in [-0.1, -0.05) is 17.5 Å². The Balaban J connectivity index is 2.42. The Kier molecular flexibility index (Phi) is 6.31. The molecule has 0 aromatic heterocycles. The van der Waals surface area contributed by atoms with Crippen molar-refractivity contribution >= 4 is 44.9 Å². The van der Waals surface area contributed by atoms with Gasteiger partial charge in [-0.15, -0.1) is 18.0 Å². The van der Waals surface area contributed by atoms with E-state index in [-0.39, 0.29) is 21.9 Å². The molecule has 27 heavy (non-hydrogen) atoms. The maximum absolute atomic E-state index is 14.2. The average Bonchev–Trinajstić information content (AvgIpc) is 2.57. The van der Waals surface area contributed by atoms with Gasteiger partial charge in [0.15, 0.2) is 5.82 Å². The molecule has 142 valence electrons. The van der Waals surface area contributed by atoms with Crippen molar-refractivity contribution in [3.05, 3.63) is 58.1 Å². The van der Waals surface area contributed by atoms with Gasteiger partial charge in [0.1, 0.15) is 11.2 Å². The van der Waals surface area contributed by atoms with Crippen LogP contribution in [0.3, 0.4) is 0 Å². The van der Waals surface area contributed by atoms with Crippen LogP contribution in [0.1, 0.15) is 11.1 Å². The lowest BCUT2D eigenvalue weighted by Gasteiger charge is -2.12. The van der Waals surface area contributed by atoms with Crippen LogP contribution in [0.15, 0.2) is 35.2 Å². The van der Waals surface area contributed by atoms with Gasteiger partial charge in [-0.25, -0.2) is 17.2 Å². The Bertz CT molecular complexity index is 1050. The number of halogens is 4. The van der Waals surface area contributed by atoms with E-state index >= 15 is 0 Å². The standard InChI is InChI=1S/C17H11Cl2F2NO4S/c1-2-12-14(20)3-4-15(16(12)21)22-27(25,26)11-6-9(5-10(18)8-11)7-13(19)17(23)24/h1,3-6,8,13,22H,7H2,(H,23,24). The summed E-state index contributed by atoms with van der Waals surface area (Å²) in [7, 11) is -4.33. The number of sulfonamides is 1.